The van der Waals surface area contributed by atoms with Crippen molar-refractivity contribution in [3.63, 3.8) is 0 Å². The average Bonchev–Trinajstić information content (AvgIpc) is 2.25. The molecule has 0 amide bonds. The lowest BCUT2D eigenvalue weighted by Crippen LogP contribution is -2.07. The quantitative estimate of drug-likeness (QED) is 0.490. The van der Waals surface area contributed by atoms with Crippen LogP contribution < -0.4 is 5.32 Å². The number of hydrogen-bond donors (Lipinski definition) is 1. The van der Waals surface area contributed by atoms with Crippen molar-refractivity contribution in [2.24, 2.45) is 4.99 Å². The lowest BCUT2D eigenvalue weighted by atomic mass is 10.2. The van der Waals surface area contributed by atoms with Crippen LogP contribution in [0.3, 0.4) is 0 Å². The lowest BCUT2D eigenvalue weighted by Gasteiger charge is -2.08. The van der Waals surface area contributed by atoms with E-state index in [9.17, 15) is 4.39 Å². The summed E-state index contributed by atoms with van der Waals surface area (Å²) in [6.07, 6.45) is 3.46. The number of nitrogens with one attached hydrogen (secondary N) is 1. The molecule has 0 aliphatic rings. The van der Waals surface area contributed by atoms with E-state index in [0.29, 0.717) is 15.3 Å². The van der Waals surface area contributed by atoms with E-state index in [1.165, 1.54) is 17.8 Å². The number of aliphatic imine (C=N–C) groups is 1. The number of benzene rings is 1. The fourth-order valence-electron chi connectivity index (χ4n) is 1.09. The van der Waals surface area contributed by atoms with Gasteiger partial charge in [0.1, 0.15) is 5.82 Å². The van der Waals surface area contributed by atoms with Crippen molar-refractivity contribution >= 4 is 38.5 Å². The highest BCUT2D eigenvalue weighted by Crippen LogP contribution is 2.24. The predicted molar refractivity (Wildman–Crippen MR) is 69.0 cm³/mol. The number of rotatable bonds is 1. The van der Waals surface area contributed by atoms with E-state index in [1.807, 2.05) is 0 Å². The smallest absolute Gasteiger partial charge is 0.208 e. The molecule has 6 heteroatoms. The third-order valence-corrected chi connectivity index (χ3v) is 3.39. The van der Waals surface area contributed by atoms with Gasteiger partial charge in [0.05, 0.1) is 4.47 Å². The first-order valence-corrected chi connectivity index (χ1v) is 6.33. The van der Waals surface area contributed by atoms with Gasteiger partial charge in [-0.2, -0.15) is 5.26 Å². The van der Waals surface area contributed by atoms with Crippen molar-refractivity contribution < 1.29 is 4.39 Å². The van der Waals surface area contributed by atoms with Crippen molar-refractivity contribution in [1.29, 1.82) is 5.26 Å². The Morgan fingerprint density at radius 1 is 1.62 bits per heavy atom. The number of aryl methyl sites for hydroxylation is 1. The Bertz CT molecular complexity index is 445. The first-order valence-electron chi connectivity index (χ1n) is 4.32. The Balaban J connectivity index is 2.99. The Hall–Kier alpha value is -1.06. The monoisotopic (exact) mass is 301 g/mol. The maximum atomic E-state index is 13.4. The Morgan fingerprint density at radius 2 is 2.31 bits per heavy atom. The molecule has 1 aromatic carbocycles. The van der Waals surface area contributed by atoms with Crippen LogP contribution in [0.5, 0.6) is 0 Å². The SMILES string of the molecule is CS/C(=N\C#N)Nc1cc(C)c(Br)c(F)c1. The number of thioether (sulfide) groups is 1. The van der Waals surface area contributed by atoms with Crippen LogP contribution >= 0.6 is 27.7 Å². The number of hydrogen-bond acceptors (Lipinski definition) is 3. The topological polar surface area (TPSA) is 48.2 Å². The molecule has 1 rings (SSSR count). The number of halogens is 2. The molecule has 0 spiro atoms. The van der Waals surface area contributed by atoms with Gasteiger partial charge in [0.15, 0.2) is 5.17 Å². The van der Waals surface area contributed by atoms with Gasteiger partial charge in [0.2, 0.25) is 6.19 Å². The van der Waals surface area contributed by atoms with Crippen LogP contribution in [0, 0.1) is 24.2 Å². The van der Waals surface area contributed by atoms with E-state index in [0.717, 1.165) is 5.56 Å². The summed E-state index contributed by atoms with van der Waals surface area (Å²) in [5.74, 6) is -0.347. The molecule has 0 aliphatic heterocycles. The maximum absolute atomic E-state index is 13.4. The number of nitriles is 1. The molecule has 0 fully saturated rings. The third-order valence-electron chi connectivity index (χ3n) is 1.81. The number of anilines is 1. The molecule has 0 heterocycles. The van der Waals surface area contributed by atoms with Crippen LogP contribution in [0.15, 0.2) is 21.6 Å². The van der Waals surface area contributed by atoms with Crippen molar-refractivity contribution in [1.82, 2.24) is 0 Å². The zero-order chi connectivity index (χ0) is 12.1. The number of amidine groups is 1. The fourth-order valence-corrected chi connectivity index (χ4v) is 1.67. The molecule has 84 valence electrons. The minimum atomic E-state index is -0.347. The summed E-state index contributed by atoms with van der Waals surface area (Å²) in [4.78, 5) is 3.56. The largest absolute Gasteiger partial charge is 0.334 e. The first kappa shape index (κ1) is 13.0. The second kappa shape index (κ2) is 5.87. The third kappa shape index (κ3) is 3.22. The van der Waals surface area contributed by atoms with Gasteiger partial charge in [-0.05, 0) is 46.8 Å². The van der Waals surface area contributed by atoms with Gasteiger partial charge in [0.25, 0.3) is 0 Å². The van der Waals surface area contributed by atoms with Crippen molar-refractivity contribution in [2.75, 3.05) is 11.6 Å². The van der Waals surface area contributed by atoms with Crippen LogP contribution in [-0.4, -0.2) is 11.4 Å². The predicted octanol–water partition coefficient (Wildman–Crippen LogP) is 3.51. The van der Waals surface area contributed by atoms with Crippen LogP contribution in [0.4, 0.5) is 10.1 Å². The zero-order valence-corrected chi connectivity index (χ0v) is 11.1. The standard InChI is InChI=1S/C10H9BrFN3S/c1-6-3-7(4-8(12)9(6)11)15-10(16-2)14-5-13/h3-4H,1-2H3,(H,14,15). The molecular weight excluding hydrogens is 293 g/mol. The fraction of sp³-hybridized carbons (Fsp3) is 0.200. The van der Waals surface area contributed by atoms with Crippen molar-refractivity contribution in [3.8, 4) is 6.19 Å². The molecule has 3 nitrogen and oxygen atoms in total. The summed E-state index contributed by atoms with van der Waals surface area (Å²) < 4.78 is 13.8. The molecule has 0 aliphatic carbocycles. The van der Waals surface area contributed by atoms with Gasteiger partial charge in [-0.3, -0.25) is 0 Å². The molecule has 0 aromatic heterocycles. The second-order valence-electron chi connectivity index (χ2n) is 2.94. The summed E-state index contributed by atoms with van der Waals surface area (Å²) in [5, 5.41) is 11.7. The van der Waals surface area contributed by atoms with E-state index < -0.39 is 0 Å². The van der Waals surface area contributed by atoms with E-state index in [4.69, 9.17) is 5.26 Å². The van der Waals surface area contributed by atoms with Gasteiger partial charge in [0, 0.05) is 5.69 Å². The molecule has 16 heavy (non-hydrogen) atoms. The van der Waals surface area contributed by atoms with E-state index >= 15 is 0 Å². The first-order chi connectivity index (χ1) is 7.58. The molecule has 0 radical (unpaired) electrons. The lowest BCUT2D eigenvalue weighted by molar-refractivity contribution is 0.620. The van der Waals surface area contributed by atoms with Gasteiger partial charge < -0.3 is 5.32 Å². The highest BCUT2D eigenvalue weighted by atomic mass is 79.9. The Morgan fingerprint density at radius 3 is 2.81 bits per heavy atom. The minimum absolute atomic E-state index is 0.347. The van der Waals surface area contributed by atoms with Gasteiger partial charge in [-0.25, -0.2) is 4.39 Å². The van der Waals surface area contributed by atoms with Crippen molar-refractivity contribution in [3.05, 3.63) is 28.0 Å². The van der Waals surface area contributed by atoms with Crippen LogP contribution in [0.25, 0.3) is 0 Å². The molecule has 0 saturated carbocycles. The van der Waals surface area contributed by atoms with Gasteiger partial charge in [-0.15, -0.1) is 4.99 Å². The molecule has 0 unspecified atom stereocenters. The molecule has 0 bridgehead atoms. The number of nitrogens with zero attached hydrogens (tertiary/aromatic N) is 2. The molecule has 0 saturated heterocycles. The van der Waals surface area contributed by atoms with Crippen LogP contribution in [0.2, 0.25) is 0 Å². The summed E-state index contributed by atoms with van der Waals surface area (Å²) in [7, 11) is 0. The molecule has 0 atom stereocenters. The summed E-state index contributed by atoms with van der Waals surface area (Å²) in [6.45, 7) is 1.79. The molecule has 1 N–H and O–H groups in total. The minimum Gasteiger partial charge on any atom is -0.334 e. The Kier molecular flexibility index (Phi) is 4.77. The van der Waals surface area contributed by atoms with Crippen molar-refractivity contribution in [2.45, 2.75) is 6.92 Å². The normalized spacial score (nSPS) is 11.1. The van der Waals surface area contributed by atoms with E-state index in [-0.39, 0.29) is 5.82 Å². The van der Waals surface area contributed by atoms with E-state index in [2.05, 4.69) is 26.2 Å². The summed E-state index contributed by atoms with van der Waals surface area (Å²) in [6, 6.07) is 3.12. The van der Waals surface area contributed by atoms with Crippen LogP contribution in [-0.2, 0) is 0 Å². The average molecular weight is 302 g/mol. The Labute approximate surface area is 106 Å². The van der Waals surface area contributed by atoms with Gasteiger partial charge in [-0.1, -0.05) is 11.8 Å². The van der Waals surface area contributed by atoms with Gasteiger partial charge >= 0.3 is 0 Å². The molecular formula is C10H9BrFN3S. The maximum Gasteiger partial charge on any atom is 0.208 e. The highest BCUT2D eigenvalue weighted by molar-refractivity contribution is 9.10. The van der Waals surface area contributed by atoms with E-state index in [1.54, 1.807) is 25.4 Å². The van der Waals surface area contributed by atoms with Crippen LogP contribution in [0.1, 0.15) is 5.56 Å². The molecule has 1 aromatic rings. The summed E-state index contributed by atoms with van der Waals surface area (Å²) >= 11 is 4.42. The zero-order valence-electron chi connectivity index (χ0n) is 8.71. The second-order valence-corrected chi connectivity index (χ2v) is 4.52. The summed E-state index contributed by atoms with van der Waals surface area (Å²) in [5.41, 5.74) is 1.35. The highest BCUT2D eigenvalue weighted by Gasteiger charge is 2.06.